The summed E-state index contributed by atoms with van der Waals surface area (Å²) in [6, 6.07) is 13.4. The third-order valence-corrected chi connectivity index (χ3v) is 5.32. The zero-order chi connectivity index (χ0) is 16.9. The van der Waals surface area contributed by atoms with E-state index in [0.29, 0.717) is 22.4 Å². The number of hydrogen-bond acceptors (Lipinski definition) is 2. The highest BCUT2D eigenvalue weighted by Crippen LogP contribution is 2.28. The van der Waals surface area contributed by atoms with Crippen LogP contribution in [-0.4, -0.2) is 23.0 Å². The van der Waals surface area contributed by atoms with Crippen molar-refractivity contribution in [2.45, 2.75) is 25.9 Å². The first-order chi connectivity index (χ1) is 11.6. The molecule has 24 heavy (non-hydrogen) atoms. The molecule has 1 heterocycles. The van der Waals surface area contributed by atoms with Crippen molar-refractivity contribution in [1.29, 1.82) is 0 Å². The lowest BCUT2D eigenvalue weighted by Gasteiger charge is -2.29. The third kappa shape index (κ3) is 4.21. The first-order valence-electron chi connectivity index (χ1n) is 8.10. The van der Waals surface area contributed by atoms with Gasteiger partial charge in [-0.15, -0.1) is 0 Å². The van der Waals surface area contributed by atoms with Gasteiger partial charge in [0.25, 0.3) is 0 Å². The Morgan fingerprint density at radius 1 is 1.00 bits per heavy atom. The first kappa shape index (κ1) is 17.5. The Kier molecular flexibility index (Phi) is 5.99. The van der Waals surface area contributed by atoms with E-state index < -0.39 is 0 Å². The van der Waals surface area contributed by atoms with E-state index in [-0.39, 0.29) is 0 Å². The van der Waals surface area contributed by atoms with Crippen molar-refractivity contribution in [2.24, 2.45) is 0 Å². The molecule has 0 aromatic heterocycles. The molecule has 3 rings (SSSR count). The van der Waals surface area contributed by atoms with Crippen LogP contribution in [0, 0.1) is 0 Å². The summed E-state index contributed by atoms with van der Waals surface area (Å²) in [7, 11) is 0. The molecule has 1 saturated heterocycles. The molecule has 0 amide bonds. The molecule has 1 aliphatic rings. The van der Waals surface area contributed by atoms with Crippen LogP contribution in [-0.2, 0) is 6.61 Å². The topological polar surface area (TPSA) is 12.5 Å². The molecule has 0 atom stereocenters. The van der Waals surface area contributed by atoms with Gasteiger partial charge < -0.3 is 9.64 Å². The molecule has 0 aliphatic carbocycles. The summed E-state index contributed by atoms with van der Waals surface area (Å²) in [6.07, 6.45) is 3.69. The Labute approximate surface area is 158 Å². The highest BCUT2D eigenvalue weighted by atomic mass is 35.5. The molecular formula is C19H19Cl2NOS. The van der Waals surface area contributed by atoms with Crippen molar-refractivity contribution in [3.8, 4) is 5.75 Å². The van der Waals surface area contributed by atoms with E-state index in [2.05, 4.69) is 4.90 Å². The van der Waals surface area contributed by atoms with E-state index >= 15 is 0 Å². The van der Waals surface area contributed by atoms with Gasteiger partial charge in [0.1, 0.15) is 17.3 Å². The van der Waals surface area contributed by atoms with Crippen LogP contribution in [0.4, 0.5) is 0 Å². The summed E-state index contributed by atoms with van der Waals surface area (Å²) in [6.45, 7) is 2.44. The SMILES string of the molecule is S=C(c1ccc(OCc2ccccc2Cl)c(Cl)c1)N1CCCCC1. The number of likely N-dealkylation sites (tertiary alicyclic amines) is 1. The van der Waals surface area contributed by atoms with E-state index in [0.717, 1.165) is 29.2 Å². The largest absolute Gasteiger partial charge is 0.487 e. The van der Waals surface area contributed by atoms with Gasteiger partial charge in [-0.1, -0.05) is 53.6 Å². The number of ether oxygens (including phenoxy) is 1. The highest BCUT2D eigenvalue weighted by Gasteiger charge is 2.16. The Hall–Kier alpha value is -1.29. The van der Waals surface area contributed by atoms with Crippen molar-refractivity contribution in [1.82, 2.24) is 4.90 Å². The fraction of sp³-hybridized carbons (Fsp3) is 0.316. The van der Waals surface area contributed by atoms with Crippen molar-refractivity contribution in [3.05, 3.63) is 63.6 Å². The molecule has 0 spiro atoms. The third-order valence-electron chi connectivity index (χ3n) is 4.16. The van der Waals surface area contributed by atoms with E-state index in [1.54, 1.807) is 0 Å². The molecule has 126 valence electrons. The lowest BCUT2D eigenvalue weighted by Crippen LogP contribution is -2.34. The molecule has 0 saturated carbocycles. The van der Waals surface area contributed by atoms with Crippen LogP contribution >= 0.6 is 35.4 Å². The van der Waals surface area contributed by atoms with Crippen LogP contribution in [0.1, 0.15) is 30.4 Å². The minimum atomic E-state index is 0.384. The van der Waals surface area contributed by atoms with Gasteiger partial charge in [-0.25, -0.2) is 0 Å². The number of rotatable bonds is 4. The summed E-state index contributed by atoms with van der Waals surface area (Å²) in [5, 5.41) is 1.26. The average Bonchev–Trinajstić information content (AvgIpc) is 2.62. The zero-order valence-electron chi connectivity index (χ0n) is 13.3. The summed E-state index contributed by atoms with van der Waals surface area (Å²) >= 11 is 18.1. The van der Waals surface area contributed by atoms with Crippen LogP contribution in [0.3, 0.4) is 0 Å². The monoisotopic (exact) mass is 379 g/mol. The molecule has 1 fully saturated rings. The normalized spacial score (nSPS) is 14.5. The van der Waals surface area contributed by atoms with Crippen LogP contribution in [0.2, 0.25) is 10.0 Å². The van der Waals surface area contributed by atoms with Crippen molar-refractivity contribution in [2.75, 3.05) is 13.1 Å². The maximum Gasteiger partial charge on any atom is 0.138 e. The van der Waals surface area contributed by atoms with Gasteiger partial charge in [0.05, 0.1) is 5.02 Å². The zero-order valence-corrected chi connectivity index (χ0v) is 15.6. The molecule has 2 nitrogen and oxygen atoms in total. The molecule has 0 bridgehead atoms. The average molecular weight is 380 g/mol. The second-order valence-electron chi connectivity index (χ2n) is 5.88. The van der Waals surface area contributed by atoms with Gasteiger partial charge >= 0.3 is 0 Å². The Balaban J connectivity index is 1.68. The predicted molar refractivity (Wildman–Crippen MR) is 104 cm³/mol. The fourth-order valence-corrected chi connectivity index (χ4v) is 3.54. The first-order valence-corrected chi connectivity index (χ1v) is 9.26. The molecule has 1 aliphatic heterocycles. The fourth-order valence-electron chi connectivity index (χ4n) is 2.80. The Bertz CT molecular complexity index is 729. The van der Waals surface area contributed by atoms with Gasteiger partial charge in [-0.3, -0.25) is 0 Å². The van der Waals surface area contributed by atoms with Gasteiger partial charge in [-0.2, -0.15) is 0 Å². The number of hydrogen-bond donors (Lipinski definition) is 0. The van der Waals surface area contributed by atoms with E-state index in [4.69, 9.17) is 40.2 Å². The second kappa shape index (κ2) is 8.19. The Morgan fingerprint density at radius 3 is 2.46 bits per heavy atom. The van der Waals surface area contributed by atoms with Gasteiger partial charge in [0.2, 0.25) is 0 Å². The van der Waals surface area contributed by atoms with Crippen molar-refractivity contribution >= 4 is 40.4 Å². The second-order valence-corrected chi connectivity index (χ2v) is 7.08. The van der Waals surface area contributed by atoms with Crippen LogP contribution in [0.15, 0.2) is 42.5 Å². The lowest BCUT2D eigenvalue weighted by molar-refractivity contribution is 0.306. The summed E-state index contributed by atoms with van der Waals surface area (Å²) in [4.78, 5) is 3.13. The molecule has 2 aromatic rings. The molecule has 5 heteroatoms. The Morgan fingerprint density at radius 2 is 1.75 bits per heavy atom. The molecule has 0 unspecified atom stereocenters. The molecule has 2 aromatic carbocycles. The molecule has 0 radical (unpaired) electrons. The maximum atomic E-state index is 6.38. The molecule has 0 N–H and O–H groups in total. The number of nitrogens with zero attached hydrogens (tertiary/aromatic N) is 1. The van der Waals surface area contributed by atoms with Gasteiger partial charge in [-0.05, 0) is 43.5 Å². The summed E-state index contributed by atoms with van der Waals surface area (Å²) < 4.78 is 5.81. The summed E-state index contributed by atoms with van der Waals surface area (Å²) in [5.41, 5.74) is 1.91. The molecular weight excluding hydrogens is 361 g/mol. The van der Waals surface area contributed by atoms with Crippen LogP contribution in [0.25, 0.3) is 0 Å². The van der Waals surface area contributed by atoms with E-state index in [9.17, 15) is 0 Å². The van der Waals surface area contributed by atoms with Crippen LogP contribution in [0.5, 0.6) is 5.75 Å². The van der Waals surface area contributed by atoms with Gasteiger partial charge in [0, 0.05) is 29.2 Å². The standard InChI is InChI=1S/C19H19Cl2NOS/c20-16-7-3-2-6-15(16)13-23-18-9-8-14(12-17(18)21)19(24)22-10-4-1-5-11-22/h2-3,6-9,12H,1,4-5,10-11,13H2. The van der Waals surface area contributed by atoms with Crippen LogP contribution < -0.4 is 4.74 Å². The lowest BCUT2D eigenvalue weighted by atomic mass is 10.1. The quantitative estimate of drug-likeness (QED) is 0.628. The van der Waals surface area contributed by atoms with E-state index in [1.165, 1.54) is 19.3 Å². The minimum Gasteiger partial charge on any atom is -0.487 e. The maximum absolute atomic E-state index is 6.38. The highest BCUT2D eigenvalue weighted by molar-refractivity contribution is 7.80. The number of halogens is 2. The number of benzene rings is 2. The smallest absolute Gasteiger partial charge is 0.138 e. The van der Waals surface area contributed by atoms with Crippen molar-refractivity contribution in [3.63, 3.8) is 0 Å². The van der Waals surface area contributed by atoms with Gasteiger partial charge in [0.15, 0.2) is 0 Å². The minimum absolute atomic E-state index is 0.384. The number of thiocarbonyl (C=S) groups is 1. The van der Waals surface area contributed by atoms with E-state index in [1.807, 2.05) is 42.5 Å². The predicted octanol–water partition coefficient (Wildman–Crippen LogP) is 5.73. The van der Waals surface area contributed by atoms with Crippen molar-refractivity contribution < 1.29 is 4.74 Å². The number of piperidine rings is 1. The summed E-state index contributed by atoms with van der Waals surface area (Å²) in [5.74, 6) is 0.641.